The van der Waals surface area contributed by atoms with Crippen molar-refractivity contribution >= 4 is 33.9 Å². The molecule has 0 atom stereocenters. The Hall–Kier alpha value is -1.93. The Morgan fingerprint density at radius 3 is 2.58 bits per heavy atom. The van der Waals surface area contributed by atoms with Gasteiger partial charge in [0.25, 0.3) is 0 Å². The van der Waals surface area contributed by atoms with Gasteiger partial charge in [-0.05, 0) is 30.0 Å². The number of rotatable bonds is 0. The van der Waals surface area contributed by atoms with Crippen LogP contribution in [0.5, 0.6) is 0 Å². The Morgan fingerprint density at radius 2 is 1.63 bits per heavy atom. The molecular weight excluding hydrogens is 250 g/mol. The molecule has 1 nitrogen and oxygen atoms in total. The molecule has 0 amide bonds. The molecule has 0 aliphatic carbocycles. The first-order chi connectivity index (χ1) is 9.33. The average molecular weight is 263 g/mol. The molecule has 0 unspecified atom stereocenters. The lowest BCUT2D eigenvalue weighted by atomic mass is 10.1. The van der Waals surface area contributed by atoms with Gasteiger partial charge in [0.05, 0.1) is 11.4 Å². The Morgan fingerprint density at radius 1 is 0.789 bits per heavy atom. The zero-order valence-corrected chi connectivity index (χ0v) is 11.4. The van der Waals surface area contributed by atoms with Crippen LogP contribution in [0.1, 0.15) is 5.56 Å². The molecule has 2 heteroatoms. The summed E-state index contributed by atoms with van der Waals surface area (Å²) in [4.78, 5) is 2.61. The lowest BCUT2D eigenvalue weighted by molar-refractivity contribution is 1.29. The minimum atomic E-state index is 1.24. The van der Waals surface area contributed by atoms with E-state index in [1.54, 1.807) is 0 Å². The second kappa shape index (κ2) is 4.04. The van der Waals surface area contributed by atoms with E-state index < -0.39 is 0 Å². The first-order valence-electron chi connectivity index (χ1n) is 6.39. The highest BCUT2D eigenvalue weighted by molar-refractivity contribution is 7.99. The summed E-state index contributed by atoms with van der Waals surface area (Å²) < 4.78 is 0. The molecule has 3 aromatic carbocycles. The maximum Gasteiger partial charge on any atom is 0.0606 e. The summed E-state index contributed by atoms with van der Waals surface area (Å²) in [5.41, 5.74) is 3.78. The number of aryl methyl sites for hydroxylation is 1. The third kappa shape index (κ3) is 1.64. The standard InChI is InChI=1S/C17H13NS/c1-11-5-4-8-14-16(11)18-17-13-7-3-2-6-12(13)9-10-15(17)19-14/h2-10,18H,1H3. The molecule has 0 spiro atoms. The Labute approximate surface area is 116 Å². The lowest BCUT2D eigenvalue weighted by Gasteiger charge is -2.23. The summed E-state index contributed by atoms with van der Waals surface area (Å²) in [5, 5.41) is 6.21. The number of nitrogens with one attached hydrogen (secondary N) is 1. The first kappa shape index (κ1) is 10.9. The van der Waals surface area contributed by atoms with Crippen LogP contribution in [0.3, 0.4) is 0 Å². The molecule has 0 aromatic heterocycles. The van der Waals surface area contributed by atoms with E-state index in [0.717, 1.165) is 0 Å². The summed E-state index contributed by atoms with van der Waals surface area (Å²) in [6, 6.07) is 19.4. The van der Waals surface area contributed by atoms with Crippen LogP contribution in [0.2, 0.25) is 0 Å². The fourth-order valence-electron chi connectivity index (χ4n) is 2.60. The van der Waals surface area contributed by atoms with Gasteiger partial charge in [-0.1, -0.05) is 54.2 Å². The number of fused-ring (bicyclic) bond motifs is 4. The van der Waals surface area contributed by atoms with Crippen molar-refractivity contribution in [1.29, 1.82) is 0 Å². The largest absolute Gasteiger partial charge is 0.353 e. The van der Waals surface area contributed by atoms with Crippen molar-refractivity contribution < 1.29 is 0 Å². The monoisotopic (exact) mass is 263 g/mol. The van der Waals surface area contributed by atoms with Gasteiger partial charge in [0, 0.05) is 15.2 Å². The topological polar surface area (TPSA) is 12.0 Å². The Balaban J connectivity index is 1.98. The molecule has 4 rings (SSSR count). The highest BCUT2D eigenvalue weighted by Crippen LogP contribution is 2.47. The van der Waals surface area contributed by atoms with Crippen LogP contribution in [0.15, 0.2) is 64.4 Å². The van der Waals surface area contributed by atoms with E-state index >= 15 is 0 Å². The molecule has 19 heavy (non-hydrogen) atoms. The van der Waals surface area contributed by atoms with Gasteiger partial charge in [0.2, 0.25) is 0 Å². The summed E-state index contributed by atoms with van der Waals surface area (Å²) in [5.74, 6) is 0. The van der Waals surface area contributed by atoms with Crippen LogP contribution >= 0.6 is 11.8 Å². The van der Waals surface area contributed by atoms with Gasteiger partial charge in [-0.3, -0.25) is 0 Å². The van der Waals surface area contributed by atoms with Gasteiger partial charge >= 0.3 is 0 Å². The Kier molecular flexibility index (Phi) is 2.32. The van der Waals surface area contributed by atoms with E-state index in [1.165, 1.54) is 37.5 Å². The molecule has 1 aliphatic rings. The number of hydrogen-bond donors (Lipinski definition) is 1. The van der Waals surface area contributed by atoms with Gasteiger partial charge in [-0.25, -0.2) is 0 Å². The normalized spacial score (nSPS) is 12.7. The lowest BCUT2D eigenvalue weighted by Crippen LogP contribution is -2.02. The molecule has 0 radical (unpaired) electrons. The van der Waals surface area contributed by atoms with Crippen LogP contribution in [0.25, 0.3) is 10.8 Å². The molecule has 3 aromatic rings. The van der Waals surface area contributed by atoms with Gasteiger partial charge in [0.15, 0.2) is 0 Å². The van der Waals surface area contributed by atoms with E-state index in [1.807, 2.05) is 11.8 Å². The smallest absolute Gasteiger partial charge is 0.0606 e. The quantitative estimate of drug-likeness (QED) is 0.458. The summed E-state index contributed by atoms with van der Waals surface area (Å²) >= 11 is 1.85. The number of benzene rings is 3. The molecular formula is C17H13NS. The van der Waals surface area contributed by atoms with E-state index in [-0.39, 0.29) is 0 Å². The highest BCUT2D eigenvalue weighted by atomic mass is 32.2. The minimum Gasteiger partial charge on any atom is -0.353 e. The molecule has 0 saturated heterocycles. The van der Waals surface area contributed by atoms with E-state index in [2.05, 4.69) is 66.8 Å². The van der Waals surface area contributed by atoms with E-state index in [9.17, 15) is 0 Å². The number of hydrogen-bond acceptors (Lipinski definition) is 2. The van der Waals surface area contributed by atoms with Crippen LogP contribution in [-0.2, 0) is 0 Å². The van der Waals surface area contributed by atoms with Crippen LogP contribution < -0.4 is 5.32 Å². The van der Waals surface area contributed by atoms with Crippen molar-refractivity contribution in [3.63, 3.8) is 0 Å². The van der Waals surface area contributed by atoms with Gasteiger partial charge in [0.1, 0.15) is 0 Å². The summed E-state index contributed by atoms with van der Waals surface area (Å²) in [6.45, 7) is 2.16. The minimum absolute atomic E-state index is 1.24. The second-order valence-corrected chi connectivity index (χ2v) is 5.92. The van der Waals surface area contributed by atoms with Crippen molar-refractivity contribution in [1.82, 2.24) is 0 Å². The van der Waals surface area contributed by atoms with Crippen molar-refractivity contribution in [3.05, 3.63) is 60.2 Å². The van der Waals surface area contributed by atoms with Crippen molar-refractivity contribution in [2.24, 2.45) is 0 Å². The maximum absolute atomic E-state index is 3.63. The zero-order chi connectivity index (χ0) is 12.8. The van der Waals surface area contributed by atoms with Crippen molar-refractivity contribution in [3.8, 4) is 0 Å². The predicted octanol–water partition coefficient (Wildman–Crippen LogP) is 5.36. The van der Waals surface area contributed by atoms with Gasteiger partial charge in [-0.2, -0.15) is 0 Å². The van der Waals surface area contributed by atoms with E-state index in [4.69, 9.17) is 0 Å². The van der Waals surface area contributed by atoms with Gasteiger partial charge < -0.3 is 5.32 Å². The van der Waals surface area contributed by atoms with Crippen LogP contribution in [0, 0.1) is 6.92 Å². The summed E-state index contributed by atoms with van der Waals surface area (Å²) in [6.07, 6.45) is 0. The molecule has 0 fully saturated rings. The van der Waals surface area contributed by atoms with Crippen LogP contribution in [0.4, 0.5) is 11.4 Å². The van der Waals surface area contributed by atoms with Crippen molar-refractivity contribution in [2.45, 2.75) is 16.7 Å². The molecule has 0 saturated carbocycles. The average Bonchev–Trinajstić information content (AvgIpc) is 2.46. The van der Waals surface area contributed by atoms with E-state index in [0.29, 0.717) is 0 Å². The predicted molar refractivity (Wildman–Crippen MR) is 82.5 cm³/mol. The maximum atomic E-state index is 3.63. The SMILES string of the molecule is Cc1cccc2c1Nc1c(ccc3ccccc13)S2. The van der Waals surface area contributed by atoms with Crippen LogP contribution in [-0.4, -0.2) is 0 Å². The third-order valence-electron chi connectivity index (χ3n) is 3.60. The molecule has 92 valence electrons. The third-order valence-corrected chi connectivity index (χ3v) is 4.72. The van der Waals surface area contributed by atoms with Crippen molar-refractivity contribution in [2.75, 3.05) is 5.32 Å². The molecule has 0 bridgehead atoms. The summed E-state index contributed by atoms with van der Waals surface area (Å²) in [7, 11) is 0. The fraction of sp³-hybridized carbons (Fsp3) is 0.0588. The fourth-order valence-corrected chi connectivity index (χ4v) is 3.69. The first-order valence-corrected chi connectivity index (χ1v) is 7.21. The number of anilines is 2. The second-order valence-electron chi connectivity index (χ2n) is 4.83. The molecule has 1 N–H and O–H groups in total. The molecule has 1 heterocycles. The zero-order valence-electron chi connectivity index (χ0n) is 10.6. The number of para-hydroxylation sites is 1. The Bertz CT molecular complexity index is 792. The van der Waals surface area contributed by atoms with Gasteiger partial charge in [-0.15, -0.1) is 0 Å². The molecule has 1 aliphatic heterocycles. The highest BCUT2D eigenvalue weighted by Gasteiger charge is 2.18.